The smallest absolute Gasteiger partial charge is 0.280 e. The summed E-state index contributed by atoms with van der Waals surface area (Å²) in [5.41, 5.74) is 6.39. The van der Waals surface area contributed by atoms with Crippen LogP contribution in [0.25, 0.3) is 10.9 Å². The first-order valence-corrected chi connectivity index (χ1v) is 10.5. The molecule has 168 valence electrons. The Labute approximate surface area is 191 Å². The molecule has 0 atom stereocenters. The first-order chi connectivity index (χ1) is 15.9. The molecule has 0 aliphatic heterocycles. The topological polar surface area (TPSA) is 90.5 Å². The molecule has 0 saturated carbocycles. The molecule has 2 aromatic carbocycles. The summed E-state index contributed by atoms with van der Waals surface area (Å²) < 4.78 is 8.51. The molecular formula is C25H25N5O3. The van der Waals surface area contributed by atoms with Crippen LogP contribution in [0.1, 0.15) is 28.3 Å². The number of carbonyl (C=O) groups excluding carboxylic acids is 1. The van der Waals surface area contributed by atoms with Crippen molar-refractivity contribution in [3.63, 3.8) is 0 Å². The molecule has 0 aliphatic carbocycles. The van der Waals surface area contributed by atoms with Crippen molar-refractivity contribution in [3.05, 3.63) is 93.3 Å². The normalized spacial score (nSPS) is 11.3. The van der Waals surface area contributed by atoms with Crippen molar-refractivity contribution in [2.24, 2.45) is 5.10 Å². The van der Waals surface area contributed by atoms with Crippen LogP contribution in [0.2, 0.25) is 0 Å². The van der Waals surface area contributed by atoms with Crippen molar-refractivity contribution >= 4 is 23.0 Å². The van der Waals surface area contributed by atoms with E-state index in [9.17, 15) is 9.59 Å². The van der Waals surface area contributed by atoms with E-state index in [1.165, 1.54) is 0 Å². The molecule has 0 radical (unpaired) electrons. The number of hydrogen-bond acceptors (Lipinski definition) is 5. The fraction of sp³-hybridized carbons (Fsp3) is 0.200. The monoisotopic (exact) mass is 443 g/mol. The Bertz CT molecular complexity index is 1410. The molecule has 2 heterocycles. The molecule has 4 aromatic rings. The number of rotatable bonds is 6. The SMILES string of the molecule is COc1ccc(CC(=O)NN=Cc2cc(C)n(-n3c(C)nc4ccccc4c3=O)c2C)cc1. The first-order valence-electron chi connectivity index (χ1n) is 10.5. The van der Waals surface area contributed by atoms with Gasteiger partial charge >= 0.3 is 0 Å². The lowest BCUT2D eigenvalue weighted by molar-refractivity contribution is -0.120. The zero-order valence-electron chi connectivity index (χ0n) is 19.0. The maximum Gasteiger partial charge on any atom is 0.280 e. The van der Waals surface area contributed by atoms with Gasteiger partial charge in [0.25, 0.3) is 5.56 Å². The van der Waals surface area contributed by atoms with E-state index >= 15 is 0 Å². The Morgan fingerprint density at radius 3 is 2.55 bits per heavy atom. The average Bonchev–Trinajstić information content (AvgIpc) is 3.07. The third-order valence-electron chi connectivity index (χ3n) is 5.47. The van der Waals surface area contributed by atoms with Crippen molar-refractivity contribution in [1.82, 2.24) is 19.8 Å². The quantitative estimate of drug-likeness (QED) is 0.366. The van der Waals surface area contributed by atoms with Gasteiger partial charge in [0.15, 0.2) is 0 Å². The molecule has 0 bridgehead atoms. The van der Waals surface area contributed by atoms with Crippen LogP contribution in [0.5, 0.6) is 5.75 Å². The molecule has 0 unspecified atom stereocenters. The summed E-state index contributed by atoms with van der Waals surface area (Å²) in [6.07, 6.45) is 1.79. The molecular weight excluding hydrogens is 418 g/mol. The average molecular weight is 444 g/mol. The fourth-order valence-electron chi connectivity index (χ4n) is 3.83. The van der Waals surface area contributed by atoms with Crippen LogP contribution in [0.3, 0.4) is 0 Å². The maximum atomic E-state index is 13.2. The Kier molecular flexibility index (Phi) is 6.08. The van der Waals surface area contributed by atoms with E-state index in [-0.39, 0.29) is 17.9 Å². The summed E-state index contributed by atoms with van der Waals surface area (Å²) in [7, 11) is 1.60. The lowest BCUT2D eigenvalue weighted by atomic mass is 10.1. The molecule has 0 spiro atoms. The summed E-state index contributed by atoms with van der Waals surface area (Å²) in [6.45, 7) is 5.61. The van der Waals surface area contributed by atoms with Gasteiger partial charge in [0, 0.05) is 17.0 Å². The summed E-state index contributed by atoms with van der Waals surface area (Å²) in [6, 6.07) is 16.5. The molecule has 0 saturated heterocycles. The van der Waals surface area contributed by atoms with Crippen LogP contribution >= 0.6 is 0 Å². The number of carbonyl (C=O) groups is 1. The second kappa shape index (κ2) is 9.12. The minimum atomic E-state index is -0.226. The van der Waals surface area contributed by atoms with Gasteiger partial charge in [-0.2, -0.15) is 9.78 Å². The molecule has 0 aliphatic rings. The number of hydrogen-bond donors (Lipinski definition) is 1. The van der Waals surface area contributed by atoms with Gasteiger partial charge in [0.2, 0.25) is 5.91 Å². The number of para-hydroxylation sites is 1. The number of fused-ring (bicyclic) bond motifs is 1. The molecule has 2 aromatic heterocycles. The van der Waals surface area contributed by atoms with Gasteiger partial charge in [-0.15, -0.1) is 0 Å². The highest BCUT2D eigenvalue weighted by molar-refractivity contribution is 5.84. The Balaban J connectivity index is 1.56. The maximum absolute atomic E-state index is 13.2. The number of methoxy groups -OCH3 is 1. The molecule has 8 nitrogen and oxygen atoms in total. The second-order valence-corrected chi connectivity index (χ2v) is 7.75. The summed E-state index contributed by atoms with van der Waals surface area (Å²) >= 11 is 0. The largest absolute Gasteiger partial charge is 0.497 e. The highest BCUT2D eigenvalue weighted by atomic mass is 16.5. The predicted octanol–water partition coefficient (Wildman–Crippen LogP) is 3.14. The van der Waals surface area contributed by atoms with Crippen LogP contribution in [-0.2, 0) is 11.2 Å². The van der Waals surface area contributed by atoms with Crippen LogP contribution in [0.4, 0.5) is 0 Å². The molecule has 1 amide bonds. The van der Waals surface area contributed by atoms with E-state index < -0.39 is 0 Å². The number of benzene rings is 2. The van der Waals surface area contributed by atoms with Gasteiger partial charge in [-0.05, 0) is 56.7 Å². The summed E-state index contributed by atoms with van der Waals surface area (Å²) in [4.78, 5) is 30.0. The van der Waals surface area contributed by atoms with Crippen LogP contribution in [0.15, 0.2) is 64.5 Å². The number of nitrogens with one attached hydrogen (secondary N) is 1. The zero-order chi connectivity index (χ0) is 23.5. The van der Waals surface area contributed by atoms with Crippen molar-refractivity contribution < 1.29 is 9.53 Å². The van der Waals surface area contributed by atoms with Gasteiger partial charge in [-0.25, -0.2) is 10.4 Å². The third-order valence-corrected chi connectivity index (χ3v) is 5.47. The predicted molar refractivity (Wildman–Crippen MR) is 128 cm³/mol. The Morgan fingerprint density at radius 1 is 1.09 bits per heavy atom. The highest BCUT2D eigenvalue weighted by Gasteiger charge is 2.15. The van der Waals surface area contributed by atoms with E-state index in [0.29, 0.717) is 16.7 Å². The standard InChI is InChI=1S/C25H25N5O3/c1-16-13-20(15-26-28-24(31)14-19-9-11-21(33-4)12-10-19)17(2)29(16)30-18(3)27-23-8-6-5-7-22(23)25(30)32/h5-13,15H,14H2,1-4H3,(H,28,31). The molecule has 0 fully saturated rings. The number of aryl methyl sites for hydroxylation is 2. The van der Waals surface area contributed by atoms with Crippen LogP contribution < -0.4 is 15.7 Å². The van der Waals surface area contributed by atoms with E-state index in [1.54, 1.807) is 31.0 Å². The second-order valence-electron chi connectivity index (χ2n) is 7.75. The van der Waals surface area contributed by atoms with E-state index in [2.05, 4.69) is 15.5 Å². The van der Waals surface area contributed by atoms with E-state index in [0.717, 1.165) is 28.3 Å². The van der Waals surface area contributed by atoms with Crippen molar-refractivity contribution in [2.45, 2.75) is 27.2 Å². The number of ether oxygens (including phenoxy) is 1. The van der Waals surface area contributed by atoms with Crippen molar-refractivity contribution in [2.75, 3.05) is 7.11 Å². The number of aromatic nitrogens is 3. The van der Waals surface area contributed by atoms with Gasteiger partial charge in [-0.3, -0.25) is 14.3 Å². The molecule has 8 heteroatoms. The Morgan fingerprint density at radius 2 is 1.82 bits per heavy atom. The van der Waals surface area contributed by atoms with E-state index in [4.69, 9.17) is 4.74 Å². The van der Waals surface area contributed by atoms with Gasteiger partial charge in [0.05, 0.1) is 30.6 Å². The number of hydrazone groups is 1. The van der Waals surface area contributed by atoms with Crippen LogP contribution in [-0.4, -0.2) is 33.6 Å². The van der Waals surface area contributed by atoms with E-state index in [1.807, 2.05) is 67.1 Å². The van der Waals surface area contributed by atoms with Gasteiger partial charge < -0.3 is 4.74 Å². The highest BCUT2D eigenvalue weighted by Crippen LogP contribution is 2.16. The van der Waals surface area contributed by atoms with Crippen molar-refractivity contribution in [3.8, 4) is 5.75 Å². The minimum absolute atomic E-state index is 0.142. The van der Waals surface area contributed by atoms with Gasteiger partial charge in [0.1, 0.15) is 11.6 Å². The summed E-state index contributed by atoms with van der Waals surface area (Å²) in [5.74, 6) is 1.09. The molecule has 1 N–H and O–H groups in total. The summed E-state index contributed by atoms with van der Waals surface area (Å²) in [5, 5.41) is 4.66. The molecule has 4 rings (SSSR count). The molecule has 33 heavy (non-hydrogen) atoms. The van der Waals surface area contributed by atoms with Gasteiger partial charge in [-0.1, -0.05) is 24.3 Å². The lowest BCUT2D eigenvalue weighted by Gasteiger charge is -2.16. The minimum Gasteiger partial charge on any atom is -0.497 e. The lowest BCUT2D eigenvalue weighted by Crippen LogP contribution is -2.30. The fourth-order valence-corrected chi connectivity index (χ4v) is 3.83. The number of nitrogens with zero attached hydrogens (tertiary/aromatic N) is 4. The Hall–Kier alpha value is -4.20. The third kappa shape index (κ3) is 4.41. The zero-order valence-corrected chi connectivity index (χ0v) is 19.0. The van der Waals surface area contributed by atoms with Crippen LogP contribution in [0, 0.1) is 20.8 Å². The number of amides is 1. The van der Waals surface area contributed by atoms with Crippen molar-refractivity contribution in [1.29, 1.82) is 0 Å². The first kappa shape index (κ1) is 22.0.